The Morgan fingerprint density at radius 3 is 1.90 bits per heavy atom. The summed E-state index contributed by atoms with van der Waals surface area (Å²) < 4.78 is 0. The standard InChI is InChI=1S/C14H31N3O2.2ClH/c1-2-3-4-5-6-7-8-9-10-17(11-13(15)16)12-14(18)19;;/h13H,2-12,15-16H2,1H3,(H,18,19);2*1H. The summed E-state index contributed by atoms with van der Waals surface area (Å²) in [5.41, 5.74) is 11.0. The van der Waals surface area contributed by atoms with Crippen LogP contribution in [0.4, 0.5) is 0 Å². The number of carboxylic acid groups (broad SMARTS) is 1. The van der Waals surface area contributed by atoms with Gasteiger partial charge < -0.3 is 16.6 Å². The summed E-state index contributed by atoms with van der Waals surface area (Å²) in [6, 6.07) is 0. The van der Waals surface area contributed by atoms with Gasteiger partial charge in [0.25, 0.3) is 0 Å². The van der Waals surface area contributed by atoms with E-state index in [-0.39, 0.29) is 31.4 Å². The fourth-order valence-corrected chi connectivity index (χ4v) is 2.19. The van der Waals surface area contributed by atoms with E-state index in [2.05, 4.69) is 6.92 Å². The van der Waals surface area contributed by atoms with Crippen molar-refractivity contribution in [2.45, 2.75) is 64.5 Å². The molecule has 21 heavy (non-hydrogen) atoms. The lowest BCUT2D eigenvalue weighted by atomic mass is 10.1. The smallest absolute Gasteiger partial charge is 0.317 e. The monoisotopic (exact) mass is 345 g/mol. The predicted octanol–water partition coefficient (Wildman–Crippen LogP) is 2.60. The van der Waals surface area contributed by atoms with E-state index >= 15 is 0 Å². The third-order valence-electron chi connectivity index (χ3n) is 3.16. The molecule has 0 aromatic heterocycles. The number of unbranched alkanes of at least 4 members (excludes halogenated alkanes) is 7. The Morgan fingerprint density at radius 1 is 1.00 bits per heavy atom. The molecule has 130 valence electrons. The number of hydrogen-bond donors (Lipinski definition) is 3. The first-order valence-corrected chi connectivity index (χ1v) is 7.51. The molecular formula is C14H33Cl2N3O2. The minimum absolute atomic E-state index is 0. The van der Waals surface area contributed by atoms with Crippen molar-refractivity contribution in [2.24, 2.45) is 11.5 Å². The normalized spacial score (nSPS) is 10.3. The van der Waals surface area contributed by atoms with Crippen molar-refractivity contribution in [3.8, 4) is 0 Å². The fourth-order valence-electron chi connectivity index (χ4n) is 2.19. The molecule has 0 spiro atoms. The number of aliphatic carboxylic acids is 1. The van der Waals surface area contributed by atoms with Crippen LogP contribution in [0.1, 0.15) is 58.3 Å². The summed E-state index contributed by atoms with van der Waals surface area (Å²) in [7, 11) is 0. The Balaban J connectivity index is -0.00000162. The number of nitrogens with zero attached hydrogens (tertiary/aromatic N) is 1. The quantitative estimate of drug-likeness (QED) is 0.352. The van der Waals surface area contributed by atoms with Crippen molar-refractivity contribution in [2.75, 3.05) is 19.6 Å². The van der Waals surface area contributed by atoms with Crippen LogP contribution in [-0.2, 0) is 4.79 Å². The largest absolute Gasteiger partial charge is 0.480 e. The van der Waals surface area contributed by atoms with E-state index in [0.717, 1.165) is 19.4 Å². The molecule has 0 aromatic carbocycles. The first-order chi connectivity index (χ1) is 9.06. The molecule has 0 aliphatic carbocycles. The SMILES string of the molecule is CCCCCCCCCCN(CC(=O)O)CC(N)N.Cl.Cl. The molecule has 7 heteroatoms. The lowest BCUT2D eigenvalue weighted by molar-refractivity contribution is -0.138. The molecule has 0 aliphatic heterocycles. The molecule has 0 heterocycles. The topological polar surface area (TPSA) is 92.6 Å². The van der Waals surface area contributed by atoms with Crippen LogP contribution in [0.25, 0.3) is 0 Å². The Morgan fingerprint density at radius 2 is 1.48 bits per heavy atom. The van der Waals surface area contributed by atoms with Gasteiger partial charge in [0.05, 0.1) is 12.7 Å². The van der Waals surface area contributed by atoms with Gasteiger partial charge in [-0.2, -0.15) is 0 Å². The maximum absolute atomic E-state index is 10.7. The third kappa shape index (κ3) is 19.9. The molecule has 0 saturated carbocycles. The number of halogens is 2. The van der Waals surface area contributed by atoms with Crippen LogP contribution >= 0.6 is 24.8 Å². The molecule has 0 rings (SSSR count). The van der Waals surface area contributed by atoms with E-state index in [9.17, 15) is 4.79 Å². The van der Waals surface area contributed by atoms with Gasteiger partial charge >= 0.3 is 5.97 Å². The lowest BCUT2D eigenvalue weighted by Crippen LogP contribution is -2.45. The Kier molecular flexibility index (Phi) is 22.1. The van der Waals surface area contributed by atoms with E-state index < -0.39 is 12.1 Å². The van der Waals surface area contributed by atoms with Crippen LogP contribution in [0.3, 0.4) is 0 Å². The molecule has 5 nitrogen and oxygen atoms in total. The molecule has 0 bridgehead atoms. The summed E-state index contributed by atoms with van der Waals surface area (Å²) in [5, 5.41) is 8.80. The maximum Gasteiger partial charge on any atom is 0.317 e. The summed E-state index contributed by atoms with van der Waals surface area (Å²) in [6.07, 6.45) is 9.51. The summed E-state index contributed by atoms with van der Waals surface area (Å²) >= 11 is 0. The molecule has 0 aliphatic rings. The average Bonchev–Trinajstić information content (AvgIpc) is 2.30. The first-order valence-electron chi connectivity index (χ1n) is 7.51. The van der Waals surface area contributed by atoms with E-state index in [4.69, 9.17) is 16.6 Å². The minimum Gasteiger partial charge on any atom is -0.480 e. The molecule has 0 aromatic rings. The van der Waals surface area contributed by atoms with Crippen LogP contribution in [0.5, 0.6) is 0 Å². The molecule has 5 N–H and O–H groups in total. The predicted molar refractivity (Wildman–Crippen MR) is 93.3 cm³/mol. The zero-order valence-corrected chi connectivity index (χ0v) is 14.8. The van der Waals surface area contributed by atoms with Gasteiger partial charge in [-0.05, 0) is 13.0 Å². The van der Waals surface area contributed by atoms with Crippen LogP contribution < -0.4 is 11.5 Å². The van der Waals surface area contributed by atoms with E-state index in [1.54, 1.807) is 0 Å². The summed E-state index contributed by atoms with van der Waals surface area (Å²) in [4.78, 5) is 12.5. The van der Waals surface area contributed by atoms with Crippen LogP contribution in [-0.4, -0.2) is 41.8 Å². The Labute approximate surface area is 141 Å². The van der Waals surface area contributed by atoms with Gasteiger partial charge in [0.2, 0.25) is 0 Å². The van der Waals surface area contributed by atoms with Gasteiger partial charge in [0.1, 0.15) is 0 Å². The molecular weight excluding hydrogens is 313 g/mol. The minimum atomic E-state index is -0.819. The lowest BCUT2D eigenvalue weighted by Gasteiger charge is -2.21. The van der Waals surface area contributed by atoms with Crippen LogP contribution in [0.15, 0.2) is 0 Å². The van der Waals surface area contributed by atoms with Crippen molar-refractivity contribution < 1.29 is 9.90 Å². The van der Waals surface area contributed by atoms with Gasteiger partial charge in [0, 0.05) is 6.54 Å². The van der Waals surface area contributed by atoms with Gasteiger partial charge in [-0.3, -0.25) is 9.69 Å². The fraction of sp³-hybridized carbons (Fsp3) is 0.929. The second kappa shape index (κ2) is 18.0. The molecule has 0 saturated heterocycles. The van der Waals surface area contributed by atoms with Crippen LogP contribution in [0, 0.1) is 0 Å². The van der Waals surface area contributed by atoms with Gasteiger partial charge in [0.15, 0.2) is 0 Å². The van der Waals surface area contributed by atoms with E-state index in [1.807, 2.05) is 4.90 Å². The van der Waals surface area contributed by atoms with Crippen molar-refractivity contribution in [1.29, 1.82) is 0 Å². The van der Waals surface area contributed by atoms with Crippen LogP contribution in [0.2, 0.25) is 0 Å². The van der Waals surface area contributed by atoms with Gasteiger partial charge in [-0.1, -0.05) is 51.9 Å². The Hall–Kier alpha value is -0.0700. The highest BCUT2D eigenvalue weighted by molar-refractivity contribution is 5.85. The van der Waals surface area contributed by atoms with Crippen molar-refractivity contribution in [3.05, 3.63) is 0 Å². The highest BCUT2D eigenvalue weighted by atomic mass is 35.5. The molecule has 0 unspecified atom stereocenters. The van der Waals surface area contributed by atoms with Crippen molar-refractivity contribution in [1.82, 2.24) is 4.90 Å². The highest BCUT2D eigenvalue weighted by Crippen LogP contribution is 2.08. The van der Waals surface area contributed by atoms with E-state index in [0.29, 0.717) is 6.54 Å². The maximum atomic E-state index is 10.7. The van der Waals surface area contributed by atoms with Crippen molar-refractivity contribution >= 4 is 30.8 Å². The number of carboxylic acids is 1. The van der Waals surface area contributed by atoms with E-state index in [1.165, 1.54) is 38.5 Å². The number of hydrogen-bond acceptors (Lipinski definition) is 4. The average molecular weight is 346 g/mol. The molecule has 0 fully saturated rings. The zero-order chi connectivity index (χ0) is 14.5. The van der Waals surface area contributed by atoms with Gasteiger partial charge in [-0.25, -0.2) is 0 Å². The summed E-state index contributed by atoms with van der Waals surface area (Å²) in [5.74, 6) is -0.819. The third-order valence-corrected chi connectivity index (χ3v) is 3.16. The first kappa shape index (κ1) is 25.9. The second-order valence-electron chi connectivity index (χ2n) is 5.27. The number of rotatable bonds is 13. The molecule has 0 atom stereocenters. The molecule has 0 amide bonds. The van der Waals surface area contributed by atoms with Crippen molar-refractivity contribution in [3.63, 3.8) is 0 Å². The van der Waals surface area contributed by atoms with Gasteiger partial charge in [-0.15, -0.1) is 24.8 Å². The Bertz CT molecular complexity index is 232. The highest BCUT2D eigenvalue weighted by Gasteiger charge is 2.10. The number of nitrogens with two attached hydrogens (primary N) is 2. The molecule has 0 radical (unpaired) electrons. The zero-order valence-electron chi connectivity index (χ0n) is 13.1. The summed E-state index contributed by atoms with van der Waals surface area (Å²) in [6.45, 7) is 3.47. The second-order valence-corrected chi connectivity index (χ2v) is 5.27. The number of carbonyl (C=O) groups is 1.